The van der Waals surface area contributed by atoms with Crippen LogP contribution in [-0.4, -0.2) is 17.4 Å². The van der Waals surface area contributed by atoms with E-state index in [1.54, 1.807) is 12.1 Å². The second-order valence-electron chi connectivity index (χ2n) is 5.36. The highest BCUT2D eigenvalue weighted by atomic mass is 16.2. The first-order valence-corrected chi connectivity index (χ1v) is 6.99. The Kier molecular flexibility index (Phi) is 4.39. The van der Waals surface area contributed by atoms with E-state index >= 15 is 0 Å². The van der Waals surface area contributed by atoms with Crippen LogP contribution in [0.3, 0.4) is 0 Å². The largest absolute Gasteiger partial charge is 0.368 e. The van der Waals surface area contributed by atoms with Crippen LogP contribution < -0.4 is 16.8 Å². The van der Waals surface area contributed by atoms with Gasteiger partial charge >= 0.3 is 0 Å². The first kappa shape index (κ1) is 14.5. The van der Waals surface area contributed by atoms with E-state index in [4.69, 9.17) is 11.5 Å². The first-order chi connectivity index (χ1) is 9.57. The molecule has 1 aromatic carbocycles. The van der Waals surface area contributed by atoms with Crippen molar-refractivity contribution < 1.29 is 9.59 Å². The van der Waals surface area contributed by atoms with Gasteiger partial charge < -0.3 is 16.8 Å². The number of rotatable bonds is 4. The summed E-state index contributed by atoms with van der Waals surface area (Å²) >= 11 is 0. The van der Waals surface area contributed by atoms with Gasteiger partial charge in [0.15, 0.2) is 0 Å². The summed E-state index contributed by atoms with van der Waals surface area (Å²) in [4.78, 5) is 24.0. The van der Waals surface area contributed by atoms with Crippen LogP contribution in [0.5, 0.6) is 0 Å². The molecule has 2 rings (SSSR count). The number of primary amides is 1. The number of amides is 2. The summed E-state index contributed by atoms with van der Waals surface area (Å²) in [6, 6.07) is 7.06. The highest BCUT2D eigenvalue weighted by Crippen LogP contribution is 2.28. The standard InChI is InChI=1S/C15H21N3O2/c16-10-11-4-6-12(7-5-11)13(19)18-15(14(17)20)8-2-1-3-9-15/h4-7H,1-3,8-10,16H2,(H2,17,20)(H,18,19). The van der Waals surface area contributed by atoms with E-state index in [1.807, 2.05) is 12.1 Å². The van der Waals surface area contributed by atoms with Crippen molar-refractivity contribution in [3.05, 3.63) is 35.4 Å². The van der Waals surface area contributed by atoms with Gasteiger partial charge in [-0.25, -0.2) is 0 Å². The number of nitrogens with two attached hydrogens (primary N) is 2. The molecular formula is C15H21N3O2. The summed E-state index contributed by atoms with van der Waals surface area (Å²) in [5.41, 5.74) is 11.6. The summed E-state index contributed by atoms with van der Waals surface area (Å²) < 4.78 is 0. The second-order valence-corrected chi connectivity index (χ2v) is 5.36. The van der Waals surface area contributed by atoms with Gasteiger partial charge in [0.2, 0.25) is 5.91 Å². The van der Waals surface area contributed by atoms with Crippen LogP contribution in [0.15, 0.2) is 24.3 Å². The second kappa shape index (κ2) is 6.05. The monoisotopic (exact) mass is 275 g/mol. The highest BCUT2D eigenvalue weighted by Gasteiger charge is 2.39. The lowest BCUT2D eigenvalue weighted by Gasteiger charge is -2.35. The van der Waals surface area contributed by atoms with Crippen LogP contribution in [0.2, 0.25) is 0 Å². The third kappa shape index (κ3) is 2.99. The fourth-order valence-corrected chi connectivity index (χ4v) is 2.67. The lowest BCUT2D eigenvalue weighted by atomic mass is 9.81. The van der Waals surface area contributed by atoms with Crippen molar-refractivity contribution >= 4 is 11.8 Å². The summed E-state index contributed by atoms with van der Waals surface area (Å²) in [6.07, 6.45) is 4.14. The molecule has 2 amide bonds. The average molecular weight is 275 g/mol. The van der Waals surface area contributed by atoms with Crippen molar-refractivity contribution in [2.75, 3.05) is 0 Å². The Morgan fingerprint density at radius 3 is 2.20 bits per heavy atom. The van der Waals surface area contributed by atoms with Crippen LogP contribution in [-0.2, 0) is 11.3 Å². The van der Waals surface area contributed by atoms with E-state index in [9.17, 15) is 9.59 Å². The van der Waals surface area contributed by atoms with Crippen LogP contribution in [0.25, 0.3) is 0 Å². The van der Waals surface area contributed by atoms with Crippen molar-refractivity contribution in [1.82, 2.24) is 5.32 Å². The van der Waals surface area contributed by atoms with Crippen molar-refractivity contribution in [3.8, 4) is 0 Å². The topological polar surface area (TPSA) is 98.2 Å². The van der Waals surface area contributed by atoms with Crippen LogP contribution in [0.1, 0.15) is 48.0 Å². The maximum Gasteiger partial charge on any atom is 0.252 e. The van der Waals surface area contributed by atoms with Crippen LogP contribution in [0.4, 0.5) is 0 Å². The van der Waals surface area contributed by atoms with Gasteiger partial charge in [0, 0.05) is 12.1 Å². The van der Waals surface area contributed by atoms with Crippen molar-refractivity contribution in [2.45, 2.75) is 44.2 Å². The Morgan fingerprint density at radius 2 is 1.70 bits per heavy atom. The minimum Gasteiger partial charge on any atom is -0.368 e. The Hall–Kier alpha value is -1.88. The van der Waals surface area contributed by atoms with E-state index in [-0.39, 0.29) is 5.91 Å². The molecule has 108 valence electrons. The third-order valence-electron chi connectivity index (χ3n) is 3.98. The van der Waals surface area contributed by atoms with Gasteiger partial charge in [-0.2, -0.15) is 0 Å². The molecule has 5 nitrogen and oxygen atoms in total. The molecule has 0 atom stereocenters. The van der Waals surface area contributed by atoms with Gasteiger partial charge in [0.1, 0.15) is 5.54 Å². The predicted molar refractivity (Wildman–Crippen MR) is 76.8 cm³/mol. The molecule has 0 unspecified atom stereocenters. The van der Waals surface area contributed by atoms with E-state index in [2.05, 4.69) is 5.32 Å². The fraction of sp³-hybridized carbons (Fsp3) is 0.467. The van der Waals surface area contributed by atoms with Gasteiger partial charge in [-0.15, -0.1) is 0 Å². The van der Waals surface area contributed by atoms with Crippen LogP contribution >= 0.6 is 0 Å². The van der Waals surface area contributed by atoms with E-state index < -0.39 is 11.4 Å². The number of carbonyl (C=O) groups excluding carboxylic acids is 2. The van der Waals surface area contributed by atoms with Gasteiger partial charge in [-0.3, -0.25) is 9.59 Å². The molecule has 1 aliphatic carbocycles. The summed E-state index contributed by atoms with van der Waals surface area (Å²) in [5.74, 6) is -0.696. The smallest absolute Gasteiger partial charge is 0.252 e. The number of benzene rings is 1. The number of carbonyl (C=O) groups is 2. The Bertz CT molecular complexity index is 490. The Morgan fingerprint density at radius 1 is 1.10 bits per heavy atom. The van der Waals surface area contributed by atoms with Gasteiger partial charge in [0.25, 0.3) is 5.91 Å². The highest BCUT2D eigenvalue weighted by molar-refractivity contribution is 5.99. The molecule has 1 aromatic rings. The SMILES string of the molecule is NCc1ccc(C(=O)NC2(C(N)=O)CCCCC2)cc1. The molecule has 0 saturated heterocycles. The molecule has 0 bridgehead atoms. The van der Waals surface area contributed by atoms with Gasteiger partial charge in [-0.05, 0) is 30.5 Å². The molecular weight excluding hydrogens is 254 g/mol. The quantitative estimate of drug-likeness (QED) is 0.766. The lowest BCUT2D eigenvalue weighted by Crippen LogP contribution is -2.58. The molecule has 0 aromatic heterocycles. The van der Waals surface area contributed by atoms with Crippen molar-refractivity contribution in [2.24, 2.45) is 11.5 Å². The summed E-state index contributed by atoms with van der Waals surface area (Å²) in [5, 5.41) is 2.84. The third-order valence-corrected chi connectivity index (χ3v) is 3.98. The Balaban J connectivity index is 2.13. The normalized spacial score (nSPS) is 17.4. The lowest BCUT2D eigenvalue weighted by molar-refractivity contribution is -0.125. The number of hydrogen-bond donors (Lipinski definition) is 3. The Labute approximate surface area is 118 Å². The molecule has 0 spiro atoms. The van der Waals surface area contributed by atoms with Gasteiger partial charge in [0.05, 0.1) is 0 Å². The summed E-state index contributed by atoms with van der Waals surface area (Å²) in [6.45, 7) is 0.438. The minimum absolute atomic E-state index is 0.255. The molecule has 0 radical (unpaired) electrons. The molecule has 0 aliphatic heterocycles. The molecule has 5 heteroatoms. The number of hydrogen-bond acceptors (Lipinski definition) is 3. The van der Waals surface area contributed by atoms with Crippen molar-refractivity contribution in [3.63, 3.8) is 0 Å². The van der Waals surface area contributed by atoms with E-state index in [0.29, 0.717) is 24.9 Å². The van der Waals surface area contributed by atoms with E-state index in [0.717, 1.165) is 24.8 Å². The number of nitrogens with one attached hydrogen (secondary N) is 1. The molecule has 1 aliphatic rings. The molecule has 1 fully saturated rings. The molecule has 0 heterocycles. The zero-order valence-electron chi connectivity index (χ0n) is 11.5. The van der Waals surface area contributed by atoms with Crippen LogP contribution in [0, 0.1) is 0 Å². The minimum atomic E-state index is -0.887. The zero-order chi connectivity index (χ0) is 14.6. The first-order valence-electron chi connectivity index (χ1n) is 6.99. The molecule has 5 N–H and O–H groups in total. The molecule has 20 heavy (non-hydrogen) atoms. The fourth-order valence-electron chi connectivity index (χ4n) is 2.67. The van der Waals surface area contributed by atoms with Crippen molar-refractivity contribution in [1.29, 1.82) is 0 Å². The molecule has 1 saturated carbocycles. The van der Waals surface area contributed by atoms with E-state index in [1.165, 1.54) is 0 Å². The maximum absolute atomic E-state index is 12.3. The van der Waals surface area contributed by atoms with Gasteiger partial charge in [-0.1, -0.05) is 31.4 Å². The summed E-state index contributed by atoms with van der Waals surface area (Å²) in [7, 11) is 0. The average Bonchev–Trinajstić information content (AvgIpc) is 2.48. The maximum atomic E-state index is 12.3. The predicted octanol–water partition coefficient (Wildman–Crippen LogP) is 1.06. The zero-order valence-corrected chi connectivity index (χ0v) is 11.5.